The Bertz CT molecular complexity index is 1070. The Labute approximate surface area is 199 Å². The van der Waals surface area contributed by atoms with Crippen LogP contribution in [0.5, 0.6) is 0 Å². The normalized spacial score (nSPS) is 45.1. The maximum absolute atomic E-state index is 13.6. The molecule has 4 aliphatic carbocycles. The van der Waals surface area contributed by atoms with Crippen molar-refractivity contribution in [2.75, 3.05) is 6.61 Å². The van der Waals surface area contributed by atoms with Gasteiger partial charge in [-0.2, -0.15) is 0 Å². The highest BCUT2D eigenvalue weighted by atomic mass is 19.1. The van der Waals surface area contributed by atoms with Gasteiger partial charge in [-0.3, -0.25) is 9.59 Å². The Morgan fingerprint density at radius 3 is 2.62 bits per heavy atom. The first-order valence-electron chi connectivity index (χ1n) is 12.7. The number of rotatable bonds is 3. The van der Waals surface area contributed by atoms with E-state index in [0.717, 1.165) is 32.1 Å². The van der Waals surface area contributed by atoms with Gasteiger partial charge in [-0.25, -0.2) is 4.39 Å². The maximum Gasteiger partial charge on any atom is 0.193 e. The monoisotopic (exact) mass is 468 g/mol. The standard InChI is InChI=1S/C28H33FO5/c1-26-12-11-21-20-10-8-19(31)13-16(20)3-9-22(21)23(26)14-25-28(26,24(32)15-30)34-27(2,33-25)17-4-6-18(29)7-5-17/h4-7,13,20-23,25,30H,3,8-12,14-15H2,1-2H3/t20-,21+,22+,23-,25+,26-,27+,28+/m0/s1. The molecule has 1 heterocycles. The van der Waals surface area contributed by atoms with Crippen LogP contribution < -0.4 is 0 Å². The summed E-state index contributed by atoms with van der Waals surface area (Å²) >= 11 is 0. The summed E-state index contributed by atoms with van der Waals surface area (Å²) in [6.45, 7) is 3.37. The molecule has 34 heavy (non-hydrogen) atoms. The average Bonchev–Trinajstić information content (AvgIpc) is 3.26. The second kappa shape index (κ2) is 7.55. The van der Waals surface area contributed by atoms with Gasteiger partial charge in [0.2, 0.25) is 0 Å². The van der Waals surface area contributed by atoms with E-state index in [4.69, 9.17) is 9.47 Å². The van der Waals surface area contributed by atoms with Crippen molar-refractivity contribution >= 4 is 11.6 Å². The van der Waals surface area contributed by atoms with Crippen LogP contribution in [0.15, 0.2) is 35.9 Å². The van der Waals surface area contributed by atoms with Crippen molar-refractivity contribution in [1.29, 1.82) is 0 Å². The second-order valence-corrected chi connectivity index (χ2v) is 11.5. The zero-order valence-electron chi connectivity index (χ0n) is 19.9. The molecule has 1 aliphatic heterocycles. The smallest absolute Gasteiger partial charge is 0.193 e. The van der Waals surface area contributed by atoms with E-state index in [0.29, 0.717) is 36.2 Å². The van der Waals surface area contributed by atoms with E-state index < -0.39 is 29.5 Å². The van der Waals surface area contributed by atoms with Crippen molar-refractivity contribution in [3.63, 3.8) is 0 Å². The number of carbonyl (C=O) groups is 2. The summed E-state index contributed by atoms with van der Waals surface area (Å²) < 4.78 is 26.8. The lowest BCUT2D eigenvalue weighted by Crippen LogP contribution is -2.60. The van der Waals surface area contributed by atoms with Gasteiger partial charge in [-0.1, -0.05) is 24.6 Å². The van der Waals surface area contributed by atoms with Crippen molar-refractivity contribution in [1.82, 2.24) is 0 Å². The molecule has 0 bridgehead atoms. The molecule has 3 saturated carbocycles. The Balaban J connectivity index is 1.37. The lowest BCUT2D eigenvalue weighted by atomic mass is 9.50. The molecule has 5 nitrogen and oxygen atoms in total. The number of aliphatic hydroxyl groups excluding tert-OH is 1. The molecular formula is C28H33FO5. The maximum atomic E-state index is 13.6. The van der Waals surface area contributed by atoms with Gasteiger partial charge >= 0.3 is 0 Å². The molecule has 0 unspecified atom stereocenters. The topological polar surface area (TPSA) is 72.8 Å². The molecule has 6 heteroatoms. The Kier molecular flexibility index (Phi) is 5.01. The highest BCUT2D eigenvalue weighted by Crippen LogP contribution is 2.69. The van der Waals surface area contributed by atoms with Gasteiger partial charge in [0, 0.05) is 17.4 Å². The molecule has 1 aromatic carbocycles. The number of halogens is 1. The van der Waals surface area contributed by atoms with Crippen molar-refractivity contribution in [2.45, 2.75) is 76.3 Å². The summed E-state index contributed by atoms with van der Waals surface area (Å²) in [5.41, 5.74) is 0.319. The minimum atomic E-state index is -1.22. The number of benzene rings is 1. The van der Waals surface area contributed by atoms with Crippen molar-refractivity contribution in [3.8, 4) is 0 Å². The fourth-order valence-corrected chi connectivity index (χ4v) is 8.63. The molecule has 182 valence electrons. The highest BCUT2D eigenvalue weighted by molar-refractivity contribution is 5.92. The average molecular weight is 469 g/mol. The second-order valence-electron chi connectivity index (χ2n) is 11.5. The Hall–Kier alpha value is -1.89. The lowest BCUT2D eigenvalue weighted by Gasteiger charge is -2.55. The number of aliphatic hydroxyl groups is 1. The molecule has 0 amide bonds. The number of ether oxygens (including phenoxy) is 2. The van der Waals surface area contributed by atoms with E-state index in [1.807, 2.05) is 6.08 Å². The zero-order chi connectivity index (χ0) is 23.9. The molecule has 4 fully saturated rings. The third-order valence-electron chi connectivity index (χ3n) is 10.1. The number of ketones is 2. The number of Topliss-reactive ketones (excluding diaryl/α,β-unsaturated/α-hetero) is 1. The van der Waals surface area contributed by atoms with Crippen LogP contribution in [0, 0.1) is 34.9 Å². The summed E-state index contributed by atoms with van der Waals surface area (Å²) in [5, 5.41) is 10.1. The minimum Gasteiger partial charge on any atom is -0.388 e. The van der Waals surface area contributed by atoms with Gasteiger partial charge in [-0.15, -0.1) is 0 Å². The van der Waals surface area contributed by atoms with Crippen LogP contribution in [0.4, 0.5) is 4.39 Å². The zero-order valence-corrected chi connectivity index (χ0v) is 19.9. The van der Waals surface area contributed by atoms with Gasteiger partial charge < -0.3 is 14.6 Å². The van der Waals surface area contributed by atoms with E-state index in [2.05, 4.69) is 6.92 Å². The fourth-order valence-electron chi connectivity index (χ4n) is 8.63. The van der Waals surface area contributed by atoms with Crippen LogP contribution in [-0.4, -0.2) is 35.0 Å². The molecule has 0 aromatic heterocycles. The highest BCUT2D eigenvalue weighted by Gasteiger charge is 2.75. The van der Waals surface area contributed by atoms with Crippen LogP contribution in [-0.2, 0) is 24.8 Å². The Morgan fingerprint density at radius 1 is 1.12 bits per heavy atom. The molecule has 8 atom stereocenters. The van der Waals surface area contributed by atoms with E-state index in [-0.39, 0.29) is 23.3 Å². The number of allylic oxidation sites excluding steroid dienone is 1. The Morgan fingerprint density at radius 2 is 1.88 bits per heavy atom. The quantitative estimate of drug-likeness (QED) is 0.709. The number of carbonyl (C=O) groups excluding carboxylic acids is 2. The van der Waals surface area contributed by atoms with Gasteiger partial charge in [-0.05, 0) is 87.3 Å². The predicted molar refractivity (Wildman–Crippen MR) is 122 cm³/mol. The largest absolute Gasteiger partial charge is 0.388 e. The number of hydrogen-bond acceptors (Lipinski definition) is 5. The summed E-state index contributed by atoms with van der Waals surface area (Å²) in [7, 11) is 0. The summed E-state index contributed by atoms with van der Waals surface area (Å²) in [4.78, 5) is 25.5. The molecule has 1 saturated heterocycles. The van der Waals surface area contributed by atoms with Crippen molar-refractivity contribution < 1.29 is 28.6 Å². The molecule has 0 radical (unpaired) electrons. The van der Waals surface area contributed by atoms with Gasteiger partial charge in [0.05, 0.1) is 6.10 Å². The first-order valence-corrected chi connectivity index (χ1v) is 12.7. The van der Waals surface area contributed by atoms with Gasteiger partial charge in [0.25, 0.3) is 0 Å². The first-order chi connectivity index (χ1) is 16.2. The minimum absolute atomic E-state index is 0.253. The number of fused-ring (bicyclic) bond motifs is 7. The molecular weight excluding hydrogens is 435 g/mol. The van der Waals surface area contributed by atoms with Crippen LogP contribution in [0.25, 0.3) is 0 Å². The predicted octanol–water partition coefficient (Wildman–Crippen LogP) is 4.47. The van der Waals surface area contributed by atoms with Crippen LogP contribution >= 0.6 is 0 Å². The third-order valence-corrected chi connectivity index (χ3v) is 10.1. The third kappa shape index (κ3) is 2.88. The molecule has 0 spiro atoms. The summed E-state index contributed by atoms with van der Waals surface area (Å²) in [5.74, 6) is 0.122. The van der Waals surface area contributed by atoms with Crippen LogP contribution in [0.3, 0.4) is 0 Å². The van der Waals surface area contributed by atoms with E-state index in [1.54, 1.807) is 19.1 Å². The molecule has 5 aliphatic rings. The molecule has 1 N–H and O–H groups in total. The van der Waals surface area contributed by atoms with E-state index in [9.17, 15) is 19.1 Å². The van der Waals surface area contributed by atoms with Gasteiger partial charge in [0.15, 0.2) is 23.0 Å². The SMILES string of the molecule is C[C@@]1(c2ccc(F)cc2)O[C@@H]2C[C@H]3[C@@H]4CCC5=CC(=O)CC[C@@H]5[C@H]4CC[C@]3(C)[C@]2(C(=O)CO)O1. The molecule has 6 rings (SSSR count). The van der Waals surface area contributed by atoms with Crippen LogP contribution in [0.2, 0.25) is 0 Å². The van der Waals surface area contributed by atoms with Gasteiger partial charge in [0.1, 0.15) is 12.4 Å². The number of hydrogen-bond donors (Lipinski definition) is 1. The van der Waals surface area contributed by atoms with E-state index >= 15 is 0 Å². The van der Waals surface area contributed by atoms with Crippen molar-refractivity contribution in [3.05, 3.63) is 47.3 Å². The van der Waals surface area contributed by atoms with Crippen LogP contribution in [0.1, 0.15) is 64.4 Å². The summed E-state index contributed by atoms with van der Waals surface area (Å²) in [6, 6.07) is 6.03. The molecule has 1 aromatic rings. The lowest BCUT2D eigenvalue weighted by molar-refractivity contribution is -0.228. The fraction of sp³-hybridized carbons (Fsp3) is 0.643. The first kappa shape index (κ1) is 22.6. The van der Waals surface area contributed by atoms with E-state index in [1.165, 1.54) is 17.7 Å². The summed E-state index contributed by atoms with van der Waals surface area (Å²) in [6.07, 6.45) is 7.51. The van der Waals surface area contributed by atoms with Crippen molar-refractivity contribution in [2.24, 2.45) is 29.1 Å².